The number of pyridine rings is 1. The highest BCUT2D eigenvalue weighted by Gasteiger charge is 2.15. The predicted molar refractivity (Wildman–Crippen MR) is 55.5 cm³/mol. The minimum Gasteiger partial charge on any atom is -0.322 e. The van der Waals surface area contributed by atoms with Crippen molar-refractivity contribution in [1.82, 2.24) is 4.98 Å². The van der Waals surface area contributed by atoms with Crippen LogP contribution < -0.4 is 5.73 Å². The highest BCUT2D eigenvalue weighted by molar-refractivity contribution is 5.25. The molecule has 1 heterocycles. The third kappa shape index (κ3) is 2.52. The summed E-state index contributed by atoms with van der Waals surface area (Å²) in [4.78, 5) is 4.19. The number of rotatable bonds is 2. The van der Waals surface area contributed by atoms with Crippen molar-refractivity contribution in [2.75, 3.05) is 0 Å². The van der Waals surface area contributed by atoms with Gasteiger partial charge in [0.25, 0.3) is 0 Å². The Morgan fingerprint density at radius 3 is 2.38 bits per heavy atom. The summed E-state index contributed by atoms with van der Waals surface area (Å²) in [5.74, 6) is 0.509. The summed E-state index contributed by atoms with van der Waals surface area (Å²) < 4.78 is 0. The average molecular weight is 178 g/mol. The summed E-state index contributed by atoms with van der Waals surface area (Å²) in [6.07, 6.45) is 3.74. The summed E-state index contributed by atoms with van der Waals surface area (Å²) in [6, 6.07) is 2.14. The van der Waals surface area contributed by atoms with E-state index in [-0.39, 0.29) is 5.54 Å². The maximum Gasteiger partial charge on any atom is 0.0367 e. The zero-order valence-electron chi connectivity index (χ0n) is 8.83. The summed E-state index contributed by atoms with van der Waals surface area (Å²) in [7, 11) is 0. The van der Waals surface area contributed by atoms with Crippen LogP contribution >= 0.6 is 0 Å². The van der Waals surface area contributed by atoms with Crippen LogP contribution in [0.2, 0.25) is 0 Å². The Balaban J connectivity index is 3.06. The minimum absolute atomic E-state index is 0.294. The van der Waals surface area contributed by atoms with Crippen molar-refractivity contribution in [3.05, 3.63) is 29.6 Å². The van der Waals surface area contributed by atoms with Crippen molar-refractivity contribution >= 4 is 0 Å². The van der Waals surface area contributed by atoms with Crippen molar-refractivity contribution in [3.8, 4) is 0 Å². The van der Waals surface area contributed by atoms with E-state index in [1.165, 1.54) is 5.56 Å². The van der Waals surface area contributed by atoms with Crippen LogP contribution in [0.3, 0.4) is 0 Å². The number of aromatic nitrogens is 1. The molecule has 1 rings (SSSR count). The van der Waals surface area contributed by atoms with Gasteiger partial charge in [0.15, 0.2) is 0 Å². The van der Waals surface area contributed by atoms with Crippen molar-refractivity contribution in [2.24, 2.45) is 5.73 Å². The summed E-state index contributed by atoms with van der Waals surface area (Å²) in [5, 5.41) is 0. The van der Waals surface area contributed by atoms with Gasteiger partial charge in [-0.25, -0.2) is 0 Å². The van der Waals surface area contributed by atoms with E-state index >= 15 is 0 Å². The lowest BCUT2D eigenvalue weighted by molar-refractivity contribution is 0.550. The second kappa shape index (κ2) is 3.46. The lowest BCUT2D eigenvalue weighted by Crippen LogP contribution is -2.28. The molecule has 0 atom stereocenters. The Morgan fingerprint density at radius 1 is 1.31 bits per heavy atom. The fourth-order valence-corrected chi connectivity index (χ4v) is 1.13. The lowest BCUT2D eigenvalue weighted by Gasteiger charge is -2.19. The fourth-order valence-electron chi connectivity index (χ4n) is 1.13. The van der Waals surface area contributed by atoms with Crippen molar-refractivity contribution in [3.63, 3.8) is 0 Å². The van der Waals surface area contributed by atoms with Crippen LogP contribution in [0.4, 0.5) is 0 Å². The first-order valence-electron chi connectivity index (χ1n) is 4.65. The molecule has 0 spiro atoms. The minimum atomic E-state index is -0.294. The van der Waals surface area contributed by atoms with Crippen LogP contribution in [-0.2, 0) is 5.54 Å². The first kappa shape index (κ1) is 10.2. The zero-order chi connectivity index (χ0) is 10.1. The molecule has 2 N–H and O–H groups in total. The van der Waals surface area contributed by atoms with Gasteiger partial charge in [0.2, 0.25) is 0 Å². The molecule has 0 saturated carbocycles. The topological polar surface area (TPSA) is 38.9 Å². The standard InChI is InChI=1S/C11H18N2/c1-8(2)9-5-10(7-13-6-9)11(3,4)12/h5-8H,12H2,1-4H3. The predicted octanol–water partition coefficient (Wildman–Crippen LogP) is 2.40. The number of hydrogen-bond acceptors (Lipinski definition) is 2. The molecule has 2 nitrogen and oxygen atoms in total. The van der Waals surface area contributed by atoms with Crippen LogP contribution in [0, 0.1) is 0 Å². The third-order valence-corrected chi connectivity index (χ3v) is 2.17. The largest absolute Gasteiger partial charge is 0.322 e. The molecule has 2 heteroatoms. The molecule has 0 aliphatic carbocycles. The van der Waals surface area contributed by atoms with Crippen LogP contribution in [0.1, 0.15) is 44.7 Å². The highest BCUT2D eigenvalue weighted by Crippen LogP contribution is 2.20. The van der Waals surface area contributed by atoms with Crippen LogP contribution in [0.15, 0.2) is 18.5 Å². The van der Waals surface area contributed by atoms with E-state index in [0.29, 0.717) is 5.92 Å². The molecule has 0 aliphatic heterocycles. The van der Waals surface area contributed by atoms with Crippen LogP contribution in [0.5, 0.6) is 0 Å². The second-order valence-corrected chi connectivity index (χ2v) is 4.38. The van der Waals surface area contributed by atoms with E-state index in [0.717, 1.165) is 5.56 Å². The molecule has 13 heavy (non-hydrogen) atoms. The molecule has 0 amide bonds. The van der Waals surface area contributed by atoms with Gasteiger partial charge in [-0.05, 0) is 30.9 Å². The lowest BCUT2D eigenvalue weighted by atomic mass is 9.94. The SMILES string of the molecule is CC(C)c1cncc(C(C)(C)N)c1. The summed E-state index contributed by atoms with van der Waals surface area (Å²) in [6.45, 7) is 8.30. The molecule has 0 saturated heterocycles. The molecule has 0 aliphatic rings. The second-order valence-electron chi connectivity index (χ2n) is 4.38. The molecule has 0 radical (unpaired) electrons. The number of hydrogen-bond donors (Lipinski definition) is 1. The Morgan fingerprint density at radius 2 is 1.92 bits per heavy atom. The molecule has 1 aromatic heterocycles. The van der Waals surface area contributed by atoms with Gasteiger partial charge in [-0.2, -0.15) is 0 Å². The van der Waals surface area contributed by atoms with Gasteiger partial charge in [0, 0.05) is 17.9 Å². The fraction of sp³-hybridized carbons (Fsp3) is 0.545. The van der Waals surface area contributed by atoms with Gasteiger partial charge < -0.3 is 5.73 Å². The van der Waals surface area contributed by atoms with Crippen molar-refractivity contribution < 1.29 is 0 Å². The maximum atomic E-state index is 5.99. The van der Waals surface area contributed by atoms with Gasteiger partial charge in [-0.1, -0.05) is 19.9 Å². The molecule has 72 valence electrons. The highest BCUT2D eigenvalue weighted by atomic mass is 14.7. The smallest absolute Gasteiger partial charge is 0.0367 e. The molecule has 0 bridgehead atoms. The van der Waals surface area contributed by atoms with Gasteiger partial charge in [-0.3, -0.25) is 4.98 Å². The monoisotopic (exact) mass is 178 g/mol. The van der Waals surface area contributed by atoms with E-state index in [4.69, 9.17) is 5.73 Å². The van der Waals surface area contributed by atoms with Gasteiger partial charge in [-0.15, -0.1) is 0 Å². The van der Waals surface area contributed by atoms with E-state index in [1.807, 2.05) is 26.2 Å². The molecular formula is C11H18N2. The van der Waals surface area contributed by atoms with Gasteiger partial charge in [0.05, 0.1) is 0 Å². The Hall–Kier alpha value is -0.890. The quantitative estimate of drug-likeness (QED) is 0.755. The molecular weight excluding hydrogens is 160 g/mol. The van der Waals surface area contributed by atoms with Crippen LogP contribution in [0.25, 0.3) is 0 Å². The zero-order valence-corrected chi connectivity index (χ0v) is 8.83. The number of nitrogens with two attached hydrogens (primary N) is 1. The van der Waals surface area contributed by atoms with Gasteiger partial charge in [0.1, 0.15) is 0 Å². The first-order valence-corrected chi connectivity index (χ1v) is 4.65. The molecule has 1 aromatic rings. The number of nitrogens with zero attached hydrogens (tertiary/aromatic N) is 1. The average Bonchev–Trinajstić information content (AvgIpc) is 2.03. The summed E-state index contributed by atoms with van der Waals surface area (Å²) in [5.41, 5.74) is 8.03. The third-order valence-electron chi connectivity index (χ3n) is 2.17. The Bertz CT molecular complexity index is 284. The molecule has 0 fully saturated rings. The van der Waals surface area contributed by atoms with E-state index in [9.17, 15) is 0 Å². The first-order chi connectivity index (χ1) is 5.91. The molecule has 0 unspecified atom stereocenters. The Kier molecular flexibility index (Phi) is 2.71. The van der Waals surface area contributed by atoms with E-state index in [2.05, 4.69) is 24.9 Å². The van der Waals surface area contributed by atoms with Crippen molar-refractivity contribution in [2.45, 2.75) is 39.2 Å². The summed E-state index contributed by atoms with van der Waals surface area (Å²) >= 11 is 0. The Labute approximate surface area is 80.2 Å². The van der Waals surface area contributed by atoms with Gasteiger partial charge >= 0.3 is 0 Å². The van der Waals surface area contributed by atoms with E-state index in [1.54, 1.807) is 0 Å². The molecule has 0 aromatic carbocycles. The normalized spacial score (nSPS) is 12.2. The van der Waals surface area contributed by atoms with E-state index < -0.39 is 0 Å². The van der Waals surface area contributed by atoms with Crippen molar-refractivity contribution in [1.29, 1.82) is 0 Å². The maximum absolute atomic E-state index is 5.99. The van der Waals surface area contributed by atoms with Crippen LogP contribution in [-0.4, -0.2) is 4.98 Å².